The normalized spacial score (nSPS) is 9.05. The van der Waals surface area contributed by atoms with E-state index < -0.39 is 20.7 Å². The van der Waals surface area contributed by atoms with E-state index in [0.29, 0.717) is 18.1 Å². The van der Waals surface area contributed by atoms with Crippen LogP contribution in [0.2, 0.25) is 5.02 Å². The number of terminal acetylenes is 1. The maximum Gasteiger partial charge on any atom is 0.364 e. The van der Waals surface area contributed by atoms with E-state index in [2.05, 4.69) is 89.0 Å². The fraction of sp³-hybridized carbons (Fsp3) is 0.129. The van der Waals surface area contributed by atoms with Crippen LogP contribution >= 0.6 is 11.6 Å². The summed E-state index contributed by atoms with van der Waals surface area (Å²) in [7, 11) is -4.22. The van der Waals surface area contributed by atoms with Crippen LogP contribution in [0.1, 0.15) is 13.8 Å². The van der Waals surface area contributed by atoms with Crippen LogP contribution in [0.5, 0.6) is 0 Å². The van der Waals surface area contributed by atoms with Gasteiger partial charge >= 0.3 is 5.97 Å². The Hall–Kier alpha value is -5.31. The van der Waals surface area contributed by atoms with Gasteiger partial charge in [0.25, 0.3) is 0 Å². The Morgan fingerprint density at radius 1 is 0.868 bits per heavy atom. The zero-order valence-electron chi connectivity index (χ0n) is 20.4. The van der Waals surface area contributed by atoms with Gasteiger partial charge in [0.15, 0.2) is 4.91 Å². The summed E-state index contributed by atoms with van der Waals surface area (Å²) in [6.45, 7) is 5.29. The van der Waals surface area contributed by atoms with Crippen molar-refractivity contribution in [3.8, 4) is 95.4 Å². The van der Waals surface area contributed by atoms with Crippen LogP contribution in [-0.2, 0) is 19.4 Å². The number of hydrogen-bond donors (Lipinski definition) is 0. The summed E-state index contributed by atoms with van der Waals surface area (Å²) in [5, 5.41) is 0.349. The van der Waals surface area contributed by atoms with E-state index in [-0.39, 0.29) is 4.90 Å². The molecule has 0 N–H and O–H groups in total. The largest absolute Gasteiger partial charge is 0.378 e. The minimum atomic E-state index is -4.22. The summed E-state index contributed by atoms with van der Waals surface area (Å²) in [5.41, 5.74) is 0. The molecule has 7 heteroatoms. The van der Waals surface area contributed by atoms with Gasteiger partial charge in [0.05, 0.1) is 4.90 Å². The molecule has 0 spiro atoms. The van der Waals surface area contributed by atoms with Crippen LogP contribution in [0.4, 0.5) is 0 Å². The predicted octanol–water partition coefficient (Wildman–Crippen LogP) is 3.01. The molecular weight excluding hydrogens is 518 g/mol. The number of allylic oxidation sites excluding steroid dienone is 2. The van der Waals surface area contributed by atoms with Crippen LogP contribution < -0.4 is 0 Å². The molecule has 0 atom stereocenters. The Balaban J connectivity index is 3.00. The predicted molar refractivity (Wildman–Crippen MR) is 148 cm³/mol. The topological polar surface area (TPSA) is 63.7 Å². The van der Waals surface area contributed by atoms with E-state index in [1.54, 1.807) is 6.20 Å². The average Bonchev–Trinajstić information content (AvgIpc) is 2.91. The third kappa shape index (κ3) is 11.9. The van der Waals surface area contributed by atoms with Gasteiger partial charge in [-0.2, -0.15) is 0 Å². The average molecular weight is 536 g/mol. The second kappa shape index (κ2) is 18.0. The molecule has 0 unspecified atom stereocenters. The molecule has 38 heavy (non-hydrogen) atoms. The number of rotatable bonds is 7. The Bertz CT molecular complexity index is 1690. The highest BCUT2D eigenvalue weighted by Gasteiger charge is 2.28. The molecule has 0 fully saturated rings. The molecule has 0 saturated carbocycles. The quantitative estimate of drug-likeness (QED) is 0.232. The van der Waals surface area contributed by atoms with Crippen molar-refractivity contribution in [2.45, 2.75) is 18.7 Å². The number of halogens is 1. The second-order valence-electron chi connectivity index (χ2n) is 6.31. The minimum absolute atomic E-state index is 0.125. The lowest BCUT2D eigenvalue weighted by molar-refractivity contribution is -0.131. The van der Waals surface area contributed by atoms with Gasteiger partial charge in [-0.15, -0.1) is 6.42 Å². The van der Waals surface area contributed by atoms with Gasteiger partial charge in [0.1, 0.15) is 6.11 Å². The van der Waals surface area contributed by atoms with Crippen molar-refractivity contribution in [3.05, 3.63) is 52.5 Å². The highest BCUT2D eigenvalue weighted by Crippen LogP contribution is 2.22. The Labute approximate surface area is 229 Å². The molecule has 0 aliphatic carbocycles. The summed E-state index contributed by atoms with van der Waals surface area (Å²) in [5.74, 6) is 32.1. The molecule has 0 heterocycles. The number of ether oxygens (including phenoxy) is 1. The molecule has 0 aromatic heterocycles. The molecule has 1 aromatic rings. The number of nitrogens with zero attached hydrogens (tertiary/aromatic N) is 1. The SMILES string of the molecule is C#CC#CC#CC#CC#CC#CC#CC#COC(=O)/C(=C/C=C/N(CC)CC)S(=O)(=O)c1ccc(Cl)cc1. The first-order valence-electron chi connectivity index (χ1n) is 10.7. The van der Waals surface area contributed by atoms with E-state index in [1.807, 2.05) is 18.7 Å². The molecule has 0 bridgehead atoms. The smallest absolute Gasteiger partial charge is 0.364 e. The monoisotopic (exact) mass is 535 g/mol. The van der Waals surface area contributed by atoms with E-state index >= 15 is 0 Å². The van der Waals surface area contributed by atoms with Crippen LogP contribution in [0.3, 0.4) is 0 Å². The maximum absolute atomic E-state index is 13.1. The zero-order chi connectivity index (χ0) is 28.1. The highest BCUT2D eigenvalue weighted by molar-refractivity contribution is 7.96. The summed E-state index contributed by atoms with van der Waals surface area (Å²) >= 11 is 5.85. The van der Waals surface area contributed by atoms with E-state index in [0.717, 1.165) is 6.08 Å². The number of esters is 1. The molecular formula is C31H18ClNO4S. The van der Waals surface area contributed by atoms with E-state index in [4.69, 9.17) is 22.8 Å². The standard InChI is InChI=1S/C31H18ClNO4S/c1-4-7-8-9-10-11-12-13-14-15-16-17-18-19-27-37-31(34)30(21-20-26-33(5-2)6-3)38(35,36)29-24-22-28(32)23-25-29/h1,20-26H,5-6H2,2-3H3/b26-20+,30-21-. The molecule has 0 aliphatic heterocycles. The number of hydrogen-bond acceptors (Lipinski definition) is 5. The van der Waals surface area contributed by atoms with Crippen molar-refractivity contribution >= 4 is 27.4 Å². The first-order valence-corrected chi connectivity index (χ1v) is 12.5. The minimum Gasteiger partial charge on any atom is -0.378 e. The first-order chi connectivity index (χ1) is 18.4. The van der Waals surface area contributed by atoms with Crippen molar-refractivity contribution in [3.63, 3.8) is 0 Å². The molecule has 0 amide bonds. The van der Waals surface area contributed by atoms with Crippen LogP contribution in [0.25, 0.3) is 0 Å². The molecule has 0 radical (unpaired) electrons. The van der Waals surface area contributed by atoms with Crippen LogP contribution in [0, 0.1) is 95.4 Å². The third-order valence-electron chi connectivity index (χ3n) is 3.99. The molecule has 0 saturated heterocycles. The number of benzene rings is 1. The lowest BCUT2D eigenvalue weighted by atomic mass is 10.4. The Morgan fingerprint density at radius 2 is 1.34 bits per heavy atom. The summed E-state index contributed by atoms with van der Waals surface area (Å²) < 4.78 is 30.9. The Kier molecular flexibility index (Phi) is 14.6. The zero-order valence-corrected chi connectivity index (χ0v) is 22.0. The molecule has 0 aliphatic rings. The van der Waals surface area contributed by atoms with Crippen molar-refractivity contribution in [1.29, 1.82) is 0 Å². The van der Waals surface area contributed by atoms with Crippen molar-refractivity contribution in [2.75, 3.05) is 13.1 Å². The van der Waals surface area contributed by atoms with Gasteiger partial charge in [-0.1, -0.05) is 11.6 Å². The van der Waals surface area contributed by atoms with Gasteiger partial charge in [0.2, 0.25) is 9.84 Å². The fourth-order valence-corrected chi connectivity index (χ4v) is 3.62. The van der Waals surface area contributed by atoms with Crippen LogP contribution in [-0.4, -0.2) is 32.4 Å². The summed E-state index contributed by atoms with van der Waals surface area (Å²) in [6.07, 6.45) is 11.3. The summed E-state index contributed by atoms with van der Waals surface area (Å²) in [4.78, 5) is 13.8. The second-order valence-corrected chi connectivity index (χ2v) is 8.67. The maximum atomic E-state index is 13.1. The van der Waals surface area contributed by atoms with Gasteiger partial charge < -0.3 is 9.64 Å². The molecule has 1 rings (SSSR count). The van der Waals surface area contributed by atoms with Gasteiger partial charge in [-0.25, -0.2) is 13.2 Å². The number of carbonyl (C=O) groups excluding carboxylic acids is 1. The molecule has 1 aromatic carbocycles. The van der Waals surface area contributed by atoms with Crippen molar-refractivity contribution < 1.29 is 17.9 Å². The van der Waals surface area contributed by atoms with Gasteiger partial charge in [0, 0.05) is 59.6 Å². The van der Waals surface area contributed by atoms with Gasteiger partial charge in [-0.05, 0) is 97.9 Å². The Morgan fingerprint density at radius 3 is 1.82 bits per heavy atom. The van der Waals surface area contributed by atoms with Crippen molar-refractivity contribution in [2.24, 2.45) is 0 Å². The first kappa shape index (κ1) is 30.7. The lowest BCUT2D eigenvalue weighted by Crippen LogP contribution is -2.16. The highest BCUT2D eigenvalue weighted by atomic mass is 35.5. The summed E-state index contributed by atoms with van der Waals surface area (Å²) in [6, 6.07) is 5.39. The van der Waals surface area contributed by atoms with Crippen molar-refractivity contribution in [1.82, 2.24) is 4.90 Å². The molecule has 184 valence electrons. The molecule has 5 nitrogen and oxygen atoms in total. The van der Waals surface area contributed by atoms with Gasteiger partial charge in [-0.3, -0.25) is 0 Å². The lowest BCUT2D eigenvalue weighted by Gasteiger charge is -2.14. The van der Waals surface area contributed by atoms with Crippen LogP contribution in [0.15, 0.2) is 52.4 Å². The number of carbonyl (C=O) groups is 1. The fourth-order valence-electron chi connectivity index (χ4n) is 2.22. The third-order valence-corrected chi connectivity index (χ3v) is 6.01. The van der Waals surface area contributed by atoms with E-state index in [1.165, 1.54) is 30.3 Å². The van der Waals surface area contributed by atoms with E-state index in [9.17, 15) is 13.2 Å². The number of sulfone groups is 1.